The van der Waals surface area contributed by atoms with Crippen LogP contribution >= 0.6 is 0 Å². The van der Waals surface area contributed by atoms with Gasteiger partial charge >= 0.3 is 12.0 Å². The third-order valence-corrected chi connectivity index (χ3v) is 4.38. The third kappa shape index (κ3) is 5.02. The summed E-state index contributed by atoms with van der Waals surface area (Å²) in [5.41, 5.74) is 0. The zero-order valence-electron chi connectivity index (χ0n) is 13.1. The molecule has 1 aliphatic rings. The minimum atomic E-state index is -0.872. The van der Waals surface area contributed by atoms with Gasteiger partial charge < -0.3 is 15.3 Å². The molecule has 1 rings (SSSR count). The zero-order valence-corrected chi connectivity index (χ0v) is 13.1. The van der Waals surface area contributed by atoms with Crippen LogP contribution in [0.15, 0.2) is 0 Å². The molecule has 3 atom stereocenters. The first-order valence-electron chi connectivity index (χ1n) is 7.60. The fraction of sp³-hybridized carbons (Fsp3) is 0.867. The van der Waals surface area contributed by atoms with Gasteiger partial charge in [-0.15, -0.1) is 0 Å². The van der Waals surface area contributed by atoms with Crippen molar-refractivity contribution >= 4 is 12.0 Å². The van der Waals surface area contributed by atoms with Gasteiger partial charge in [0.15, 0.2) is 0 Å². The van der Waals surface area contributed by atoms with Gasteiger partial charge in [0, 0.05) is 18.6 Å². The van der Waals surface area contributed by atoms with E-state index in [-0.39, 0.29) is 31.1 Å². The highest BCUT2D eigenvalue weighted by Gasteiger charge is 2.27. The Balaban J connectivity index is 2.51. The molecule has 1 fully saturated rings. The molecule has 2 N–H and O–H groups in total. The number of hydrogen-bond donors (Lipinski definition) is 2. The molecule has 1 saturated carbocycles. The Morgan fingerprint density at radius 3 is 2.40 bits per heavy atom. The average Bonchev–Trinajstić information content (AvgIpc) is 2.33. The van der Waals surface area contributed by atoms with Crippen LogP contribution in [0.2, 0.25) is 0 Å². The normalized spacial score (nSPS) is 26.4. The van der Waals surface area contributed by atoms with Gasteiger partial charge in [-0.25, -0.2) is 4.79 Å². The van der Waals surface area contributed by atoms with E-state index in [1.165, 1.54) is 0 Å². The van der Waals surface area contributed by atoms with E-state index in [4.69, 9.17) is 5.11 Å². The SMILES string of the molecule is CC1CCC(NC(=O)N(CCC(=O)O)C(C)C)CC1C. The Morgan fingerprint density at radius 2 is 1.90 bits per heavy atom. The van der Waals surface area contributed by atoms with E-state index < -0.39 is 5.97 Å². The molecule has 0 aromatic carbocycles. The maximum Gasteiger partial charge on any atom is 0.317 e. The molecule has 5 heteroatoms. The molecule has 116 valence electrons. The first-order valence-corrected chi connectivity index (χ1v) is 7.60. The van der Waals surface area contributed by atoms with Crippen molar-refractivity contribution in [1.29, 1.82) is 0 Å². The highest BCUT2D eigenvalue weighted by molar-refractivity contribution is 5.75. The van der Waals surface area contributed by atoms with Crippen molar-refractivity contribution in [3.05, 3.63) is 0 Å². The molecule has 0 spiro atoms. The molecule has 20 heavy (non-hydrogen) atoms. The topological polar surface area (TPSA) is 69.6 Å². The number of amides is 2. The molecule has 0 radical (unpaired) electrons. The van der Waals surface area contributed by atoms with Gasteiger partial charge in [0.25, 0.3) is 0 Å². The highest BCUT2D eigenvalue weighted by Crippen LogP contribution is 2.29. The second kappa shape index (κ2) is 7.50. The second-order valence-corrected chi connectivity index (χ2v) is 6.34. The first kappa shape index (κ1) is 16.8. The summed E-state index contributed by atoms with van der Waals surface area (Å²) in [5, 5.41) is 11.8. The molecule has 0 heterocycles. The van der Waals surface area contributed by atoms with Crippen molar-refractivity contribution in [3.8, 4) is 0 Å². The Morgan fingerprint density at radius 1 is 1.25 bits per heavy atom. The molecule has 0 saturated heterocycles. The molecule has 0 aliphatic heterocycles. The van der Waals surface area contributed by atoms with Crippen LogP contribution in [-0.4, -0.2) is 40.6 Å². The summed E-state index contributed by atoms with van der Waals surface area (Å²) in [6.45, 7) is 8.57. The highest BCUT2D eigenvalue weighted by atomic mass is 16.4. The van der Waals surface area contributed by atoms with Crippen LogP contribution in [0.25, 0.3) is 0 Å². The molecule has 2 amide bonds. The van der Waals surface area contributed by atoms with E-state index in [0.717, 1.165) is 25.2 Å². The Labute approximate surface area is 121 Å². The van der Waals surface area contributed by atoms with Gasteiger partial charge in [-0.05, 0) is 44.9 Å². The maximum atomic E-state index is 12.3. The van der Waals surface area contributed by atoms with E-state index in [2.05, 4.69) is 19.2 Å². The zero-order chi connectivity index (χ0) is 15.3. The van der Waals surface area contributed by atoms with Gasteiger partial charge in [0.1, 0.15) is 0 Å². The quantitative estimate of drug-likeness (QED) is 0.815. The van der Waals surface area contributed by atoms with Crippen LogP contribution in [0.4, 0.5) is 4.79 Å². The van der Waals surface area contributed by atoms with Crippen molar-refractivity contribution in [2.45, 2.75) is 65.5 Å². The lowest BCUT2D eigenvalue weighted by atomic mass is 9.79. The average molecular weight is 284 g/mol. The molecular weight excluding hydrogens is 256 g/mol. The van der Waals surface area contributed by atoms with Crippen LogP contribution in [0.3, 0.4) is 0 Å². The van der Waals surface area contributed by atoms with Crippen molar-refractivity contribution in [2.75, 3.05) is 6.54 Å². The Bertz CT molecular complexity index is 344. The number of hydrogen-bond acceptors (Lipinski definition) is 2. The Hall–Kier alpha value is -1.26. The third-order valence-electron chi connectivity index (χ3n) is 4.38. The number of nitrogens with one attached hydrogen (secondary N) is 1. The second-order valence-electron chi connectivity index (χ2n) is 6.34. The van der Waals surface area contributed by atoms with Crippen molar-refractivity contribution in [2.24, 2.45) is 11.8 Å². The lowest BCUT2D eigenvalue weighted by molar-refractivity contribution is -0.137. The van der Waals surface area contributed by atoms with Gasteiger partial charge in [-0.2, -0.15) is 0 Å². The number of rotatable bonds is 5. The van der Waals surface area contributed by atoms with E-state index in [9.17, 15) is 9.59 Å². The van der Waals surface area contributed by atoms with Crippen LogP contribution in [0, 0.1) is 11.8 Å². The standard InChI is InChI=1S/C15H28N2O3/c1-10(2)17(8-7-14(18)19)15(20)16-13-6-5-11(3)12(4)9-13/h10-13H,5-9H2,1-4H3,(H,16,20)(H,18,19). The summed E-state index contributed by atoms with van der Waals surface area (Å²) >= 11 is 0. The lowest BCUT2D eigenvalue weighted by Crippen LogP contribution is -2.49. The Kier molecular flexibility index (Phi) is 6.30. The molecule has 1 aliphatic carbocycles. The summed E-state index contributed by atoms with van der Waals surface area (Å²) in [4.78, 5) is 24.5. The number of urea groups is 1. The smallest absolute Gasteiger partial charge is 0.317 e. The number of carboxylic acids is 1. The fourth-order valence-corrected chi connectivity index (χ4v) is 2.75. The predicted octanol–water partition coefficient (Wildman–Crippen LogP) is 2.71. The van der Waals surface area contributed by atoms with Gasteiger partial charge in [0.05, 0.1) is 6.42 Å². The van der Waals surface area contributed by atoms with E-state index >= 15 is 0 Å². The van der Waals surface area contributed by atoms with Crippen molar-refractivity contribution in [3.63, 3.8) is 0 Å². The number of carbonyl (C=O) groups is 2. The fourth-order valence-electron chi connectivity index (χ4n) is 2.75. The van der Waals surface area contributed by atoms with E-state index in [1.54, 1.807) is 4.90 Å². The maximum absolute atomic E-state index is 12.3. The van der Waals surface area contributed by atoms with Gasteiger partial charge in [-0.1, -0.05) is 13.8 Å². The molecule has 0 bridgehead atoms. The summed E-state index contributed by atoms with van der Waals surface area (Å²) in [6.07, 6.45) is 3.16. The molecule has 5 nitrogen and oxygen atoms in total. The predicted molar refractivity (Wildman–Crippen MR) is 78.6 cm³/mol. The first-order chi connectivity index (χ1) is 9.31. The van der Waals surface area contributed by atoms with E-state index in [0.29, 0.717) is 5.92 Å². The summed E-state index contributed by atoms with van der Waals surface area (Å²) in [5.74, 6) is 0.473. The lowest BCUT2D eigenvalue weighted by Gasteiger charge is -2.35. The number of carboxylic acid groups (broad SMARTS) is 1. The monoisotopic (exact) mass is 284 g/mol. The largest absolute Gasteiger partial charge is 0.481 e. The van der Waals surface area contributed by atoms with Crippen LogP contribution < -0.4 is 5.32 Å². The molecule has 0 aromatic heterocycles. The van der Waals surface area contributed by atoms with Gasteiger partial charge in [-0.3, -0.25) is 4.79 Å². The van der Waals surface area contributed by atoms with E-state index in [1.807, 2.05) is 13.8 Å². The van der Waals surface area contributed by atoms with Crippen LogP contribution in [-0.2, 0) is 4.79 Å². The van der Waals surface area contributed by atoms with Crippen LogP contribution in [0.1, 0.15) is 53.4 Å². The molecule has 3 unspecified atom stereocenters. The minimum absolute atomic E-state index is 0.00860. The van der Waals surface area contributed by atoms with Crippen LogP contribution in [0.5, 0.6) is 0 Å². The van der Waals surface area contributed by atoms with Gasteiger partial charge in [0.2, 0.25) is 0 Å². The number of nitrogens with zero attached hydrogens (tertiary/aromatic N) is 1. The minimum Gasteiger partial charge on any atom is -0.481 e. The molecule has 0 aromatic rings. The van der Waals surface area contributed by atoms with Crippen molar-refractivity contribution < 1.29 is 14.7 Å². The van der Waals surface area contributed by atoms with Crippen molar-refractivity contribution in [1.82, 2.24) is 10.2 Å². The summed E-state index contributed by atoms with van der Waals surface area (Å²) in [7, 11) is 0. The molecular formula is C15H28N2O3. The number of carbonyl (C=O) groups excluding carboxylic acids is 1. The number of aliphatic carboxylic acids is 1. The summed E-state index contributed by atoms with van der Waals surface area (Å²) in [6, 6.07) is 0.0991. The summed E-state index contributed by atoms with van der Waals surface area (Å²) < 4.78 is 0.